The molecular weight excluding hydrogens is 1030 g/mol. The average Bonchev–Trinajstić information content (AvgIpc) is 3.50. The Morgan fingerprint density at radius 2 is 0.341 bits per heavy atom. The van der Waals surface area contributed by atoms with Crippen molar-refractivity contribution in [3.8, 4) is 34.5 Å². The van der Waals surface area contributed by atoms with Gasteiger partial charge in [0.2, 0.25) is 0 Å². The standard InChI is InChI=1S/C66H90N10O6/c1-13-61-14-2-55(1)49-67-25-31-73-32-26-68-50-56-3-15-62(16-4-56)78-44-38-75(37-43-77-61)41-47-81-65-21-9-60(10-22-65)54-72-30-36-74-33-27-69-51-57-5-17-63(18-6-57)79-45-39-76(40-46-80-64-19-7-58(8-20-64)52-70-28-34-74)42-48-82-66-23-11-59(12-24-66)53-71-29-35-73/h1-24,67-72H,25-54H2. The fourth-order valence-corrected chi connectivity index (χ4v) is 10.1. The monoisotopic (exact) mass is 1120 g/mol. The van der Waals surface area contributed by atoms with Crippen LogP contribution in [0.15, 0.2) is 146 Å². The van der Waals surface area contributed by atoms with Gasteiger partial charge in [0.05, 0.1) is 0 Å². The molecule has 6 aromatic rings. The Morgan fingerprint density at radius 1 is 0.195 bits per heavy atom. The predicted octanol–water partition coefficient (Wildman–Crippen LogP) is 6.25. The van der Waals surface area contributed by atoms with Crippen LogP contribution < -0.4 is 60.3 Å². The van der Waals surface area contributed by atoms with Crippen molar-refractivity contribution < 1.29 is 28.4 Å². The van der Waals surface area contributed by atoms with Crippen LogP contribution in [0.25, 0.3) is 0 Å². The molecule has 82 heavy (non-hydrogen) atoms. The number of benzene rings is 6. The van der Waals surface area contributed by atoms with Gasteiger partial charge in [-0.15, -0.1) is 0 Å². The molecule has 0 aliphatic carbocycles. The van der Waals surface area contributed by atoms with E-state index in [1.807, 2.05) is 0 Å². The van der Waals surface area contributed by atoms with E-state index < -0.39 is 0 Å². The van der Waals surface area contributed by atoms with Crippen molar-refractivity contribution in [3.05, 3.63) is 179 Å². The highest BCUT2D eigenvalue weighted by Crippen LogP contribution is 2.18. The first-order valence-corrected chi connectivity index (χ1v) is 30.0. The van der Waals surface area contributed by atoms with Crippen LogP contribution in [0.1, 0.15) is 33.4 Å². The summed E-state index contributed by atoms with van der Waals surface area (Å²) in [6, 6.07) is 51.0. The fraction of sp³-hybridized carbons (Fsp3) is 0.455. The molecule has 0 saturated heterocycles. The van der Waals surface area contributed by atoms with Crippen molar-refractivity contribution in [2.45, 2.75) is 39.3 Å². The van der Waals surface area contributed by atoms with Crippen LogP contribution in [0.5, 0.6) is 34.5 Å². The minimum absolute atomic E-state index is 0.558. The zero-order valence-corrected chi connectivity index (χ0v) is 48.3. The summed E-state index contributed by atoms with van der Waals surface area (Å²) in [6.45, 7) is 23.6. The van der Waals surface area contributed by atoms with Crippen molar-refractivity contribution in [2.75, 3.05) is 157 Å². The van der Waals surface area contributed by atoms with Gasteiger partial charge >= 0.3 is 0 Å². The molecular formula is C66H90N10O6. The van der Waals surface area contributed by atoms with E-state index >= 15 is 0 Å². The van der Waals surface area contributed by atoms with Gasteiger partial charge in [-0.2, -0.15) is 0 Å². The predicted molar refractivity (Wildman–Crippen MR) is 328 cm³/mol. The second-order valence-electron chi connectivity index (χ2n) is 21.4. The summed E-state index contributed by atoms with van der Waals surface area (Å²) in [5, 5.41) is 22.2. The Hall–Kier alpha value is -6.28. The van der Waals surface area contributed by atoms with Crippen LogP contribution in [0.3, 0.4) is 0 Å². The first-order valence-electron chi connectivity index (χ1n) is 30.0. The van der Waals surface area contributed by atoms with Crippen molar-refractivity contribution in [1.29, 1.82) is 0 Å². The normalized spacial score (nSPS) is 22.0. The van der Waals surface area contributed by atoms with Crippen molar-refractivity contribution in [1.82, 2.24) is 51.5 Å². The maximum atomic E-state index is 6.33. The third kappa shape index (κ3) is 22.5. The molecule has 0 aromatic heterocycles. The molecule has 0 amide bonds. The molecule has 0 spiro atoms. The molecule has 6 N–H and O–H groups in total. The summed E-state index contributed by atoms with van der Waals surface area (Å²) < 4.78 is 37.8. The van der Waals surface area contributed by atoms with Gasteiger partial charge in [0.25, 0.3) is 0 Å². The minimum Gasteiger partial charge on any atom is -0.492 e. The zero-order chi connectivity index (χ0) is 55.9. The van der Waals surface area contributed by atoms with Gasteiger partial charge in [-0.3, -0.25) is 19.6 Å². The van der Waals surface area contributed by atoms with E-state index in [0.29, 0.717) is 39.6 Å². The van der Waals surface area contributed by atoms with E-state index in [9.17, 15) is 0 Å². The maximum absolute atomic E-state index is 6.33. The molecule has 0 radical (unpaired) electrons. The van der Waals surface area contributed by atoms with Gasteiger partial charge in [-0.25, -0.2) is 0 Å². The highest BCUT2D eigenvalue weighted by molar-refractivity contribution is 5.31. The van der Waals surface area contributed by atoms with Crippen LogP contribution in [0, 0.1) is 0 Å². The number of hydrogen-bond donors (Lipinski definition) is 6. The Morgan fingerprint density at radius 3 is 0.500 bits per heavy atom. The van der Waals surface area contributed by atoms with Gasteiger partial charge < -0.3 is 60.3 Å². The van der Waals surface area contributed by atoms with Gasteiger partial charge in [0, 0.05) is 157 Å². The lowest BCUT2D eigenvalue weighted by molar-refractivity contribution is 0.153. The molecule has 0 saturated carbocycles. The lowest BCUT2D eigenvalue weighted by Crippen LogP contribution is -2.40. The summed E-state index contributed by atoms with van der Waals surface area (Å²) >= 11 is 0. The van der Waals surface area contributed by atoms with E-state index in [1.165, 1.54) is 33.4 Å². The molecule has 16 heteroatoms. The molecule has 16 nitrogen and oxygen atoms in total. The van der Waals surface area contributed by atoms with Gasteiger partial charge in [-0.1, -0.05) is 72.8 Å². The van der Waals surface area contributed by atoms with Crippen LogP contribution in [-0.2, 0) is 39.3 Å². The first kappa shape index (κ1) is 60.3. The molecule has 6 aromatic carbocycles. The molecule has 20 aliphatic rings. The molecule has 0 fully saturated rings. The smallest absolute Gasteiger partial charge is 0.119 e. The number of hydrogen-bond acceptors (Lipinski definition) is 16. The van der Waals surface area contributed by atoms with Gasteiger partial charge in [-0.05, 0) is 106 Å². The highest BCUT2D eigenvalue weighted by atomic mass is 16.5. The summed E-state index contributed by atoms with van der Waals surface area (Å²) in [5.41, 5.74) is 7.40. The maximum Gasteiger partial charge on any atom is 0.119 e. The van der Waals surface area contributed by atoms with Crippen molar-refractivity contribution in [2.24, 2.45) is 0 Å². The minimum atomic E-state index is 0.558. The summed E-state index contributed by atoms with van der Waals surface area (Å²) in [4.78, 5) is 9.78. The lowest BCUT2D eigenvalue weighted by Gasteiger charge is -2.24. The van der Waals surface area contributed by atoms with Gasteiger partial charge in [0.15, 0.2) is 0 Å². The third-order valence-corrected chi connectivity index (χ3v) is 15.2. The Kier molecular flexibility index (Phi) is 25.7. The molecule has 20 heterocycles. The first-order chi connectivity index (χ1) is 40.6. The van der Waals surface area contributed by atoms with Crippen LogP contribution >= 0.6 is 0 Å². The average molecular weight is 1120 g/mol. The summed E-state index contributed by atoms with van der Waals surface area (Å²) in [5.74, 6) is 5.23. The highest BCUT2D eigenvalue weighted by Gasteiger charge is 2.13. The van der Waals surface area contributed by atoms with Crippen molar-refractivity contribution in [3.63, 3.8) is 0 Å². The Balaban J connectivity index is 0.858. The largest absolute Gasteiger partial charge is 0.492 e. The van der Waals surface area contributed by atoms with E-state index in [0.717, 1.165) is 192 Å². The molecule has 440 valence electrons. The lowest BCUT2D eigenvalue weighted by atomic mass is 10.2. The topological polar surface area (TPSA) is 141 Å². The van der Waals surface area contributed by atoms with Crippen molar-refractivity contribution >= 4 is 0 Å². The molecule has 0 unspecified atom stereocenters. The van der Waals surface area contributed by atoms with E-state index in [-0.39, 0.29) is 0 Å². The van der Waals surface area contributed by atoms with Gasteiger partial charge in [0.1, 0.15) is 74.1 Å². The SMILES string of the molecule is c1cc2ccc1CNCCN1CCNCc3ccc(cc3)OCCN(CCO2)CCOc2ccc(cc2)CNCCN2CCNCc3ccc(cc3)OCCN(CCOc3ccc(cc3)CNCC2)CCOc2ccc(cc2)CNCC1. The zero-order valence-electron chi connectivity index (χ0n) is 48.3. The molecule has 20 aliphatic heterocycles. The number of nitrogens with one attached hydrogen (secondary N) is 6. The second-order valence-corrected chi connectivity index (χ2v) is 21.4. The Labute approximate surface area is 488 Å². The summed E-state index contributed by atoms with van der Waals surface area (Å²) in [7, 11) is 0. The quantitative estimate of drug-likeness (QED) is 0.102. The molecule has 0 atom stereocenters. The second kappa shape index (κ2) is 35.0. The van der Waals surface area contributed by atoms with Crippen LogP contribution in [0.2, 0.25) is 0 Å². The number of rotatable bonds is 0. The summed E-state index contributed by atoms with van der Waals surface area (Å²) in [6.07, 6.45) is 0. The van der Waals surface area contributed by atoms with E-state index in [2.05, 4.69) is 197 Å². The van der Waals surface area contributed by atoms with Crippen LogP contribution in [-0.4, -0.2) is 177 Å². The Bertz CT molecular complexity index is 2340. The fourth-order valence-electron chi connectivity index (χ4n) is 10.1. The van der Waals surface area contributed by atoms with Crippen LogP contribution in [0.4, 0.5) is 0 Å². The number of nitrogens with zero attached hydrogens (tertiary/aromatic N) is 4. The molecule has 16 bridgehead atoms. The van der Waals surface area contributed by atoms with E-state index in [4.69, 9.17) is 28.4 Å². The third-order valence-electron chi connectivity index (χ3n) is 15.2. The van der Waals surface area contributed by atoms with E-state index in [1.54, 1.807) is 0 Å². The molecule has 26 rings (SSSR count). The number of ether oxygens (including phenoxy) is 6.